The first-order valence-corrected chi connectivity index (χ1v) is 13.1. The van der Waals surface area contributed by atoms with Gasteiger partial charge in [0.1, 0.15) is 0 Å². The summed E-state index contributed by atoms with van der Waals surface area (Å²) in [5.74, 6) is -0.368. The Kier molecular flexibility index (Phi) is 8.05. The quantitative estimate of drug-likeness (QED) is 0.434. The number of halogens is 6. The second kappa shape index (κ2) is 10.6. The van der Waals surface area contributed by atoms with Crippen LogP contribution in [0.15, 0.2) is 36.4 Å². The number of nitrogens with zero attached hydrogens (tertiary/aromatic N) is 2. The van der Waals surface area contributed by atoms with Crippen LogP contribution in [0.2, 0.25) is 15.1 Å². The highest BCUT2D eigenvalue weighted by molar-refractivity contribution is 6.36. The fourth-order valence-corrected chi connectivity index (χ4v) is 5.81. The van der Waals surface area contributed by atoms with Crippen LogP contribution in [-0.4, -0.2) is 46.4 Å². The molecule has 2 fully saturated rings. The number of nitrogens with one attached hydrogen (secondary N) is 1. The van der Waals surface area contributed by atoms with Crippen LogP contribution in [0, 0.1) is 5.92 Å². The average Bonchev–Trinajstić information content (AvgIpc) is 3.05. The van der Waals surface area contributed by atoms with Crippen molar-refractivity contribution < 1.29 is 22.8 Å². The predicted octanol–water partition coefficient (Wildman–Crippen LogP) is 6.64. The van der Waals surface area contributed by atoms with Crippen LogP contribution in [0.3, 0.4) is 0 Å². The molecule has 200 valence electrons. The van der Waals surface area contributed by atoms with E-state index in [0.717, 1.165) is 18.2 Å². The van der Waals surface area contributed by atoms with Crippen LogP contribution < -0.4 is 5.32 Å². The van der Waals surface area contributed by atoms with Crippen molar-refractivity contribution in [2.75, 3.05) is 13.1 Å². The zero-order valence-electron chi connectivity index (χ0n) is 20.3. The molecule has 2 aromatic rings. The lowest BCUT2D eigenvalue weighted by Crippen LogP contribution is -2.59. The second-order valence-electron chi connectivity index (χ2n) is 9.97. The Bertz CT molecular complexity index is 1180. The van der Waals surface area contributed by atoms with E-state index in [0.29, 0.717) is 34.9 Å². The van der Waals surface area contributed by atoms with Crippen LogP contribution in [0.4, 0.5) is 13.2 Å². The van der Waals surface area contributed by atoms with E-state index in [1.165, 1.54) is 4.90 Å². The zero-order chi connectivity index (χ0) is 27.1. The number of amides is 2. The number of hydrogen-bond donors (Lipinski definition) is 1. The molecule has 2 amide bonds. The molecule has 2 heterocycles. The van der Waals surface area contributed by atoms with Crippen LogP contribution in [0.5, 0.6) is 0 Å². The molecule has 1 atom stereocenters. The molecule has 2 saturated heterocycles. The van der Waals surface area contributed by atoms with Crippen molar-refractivity contribution in [2.45, 2.75) is 57.5 Å². The average molecular weight is 577 g/mol. The van der Waals surface area contributed by atoms with Crippen LogP contribution in [0.1, 0.15) is 54.6 Å². The Morgan fingerprint density at radius 2 is 1.70 bits per heavy atom. The van der Waals surface area contributed by atoms with Crippen molar-refractivity contribution in [3.8, 4) is 0 Å². The highest BCUT2D eigenvalue weighted by atomic mass is 35.5. The summed E-state index contributed by atoms with van der Waals surface area (Å²) in [4.78, 5) is 29.9. The van der Waals surface area contributed by atoms with Gasteiger partial charge >= 0.3 is 6.18 Å². The summed E-state index contributed by atoms with van der Waals surface area (Å²) in [5, 5.41) is 4.38. The van der Waals surface area contributed by atoms with E-state index < -0.39 is 29.4 Å². The number of carbonyl (C=O) groups is 2. The summed E-state index contributed by atoms with van der Waals surface area (Å²) in [7, 11) is 0. The maximum atomic E-state index is 13.5. The minimum Gasteiger partial charge on any atom is -0.338 e. The van der Waals surface area contributed by atoms with Crippen molar-refractivity contribution >= 4 is 46.6 Å². The first kappa shape index (κ1) is 28.0. The van der Waals surface area contributed by atoms with Crippen molar-refractivity contribution in [3.63, 3.8) is 0 Å². The molecule has 37 heavy (non-hydrogen) atoms. The lowest BCUT2D eigenvalue weighted by atomic mass is 9.94. The van der Waals surface area contributed by atoms with E-state index in [4.69, 9.17) is 34.8 Å². The lowest BCUT2D eigenvalue weighted by molar-refractivity contribution is -0.137. The largest absolute Gasteiger partial charge is 0.416 e. The summed E-state index contributed by atoms with van der Waals surface area (Å²) in [6.07, 6.45) is -3.18. The molecule has 1 N–H and O–H groups in total. The minimum atomic E-state index is -4.59. The number of piperidine rings is 1. The molecule has 1 unspecified atom stereocenters. The monoisotopic (exact) mass is 575 g/mol. The van der Waals surface area contributed by atoms with Gasteiger partial charge in [-0.25, -0.2) is 0 Å². The summed E-state index contributed by atoms with van der Waals surface area (Å²) < 4.78 is 39.6. The van der Waals surface area contributed by atoms with Gasteiger partial charge < -0.3 is 9.80 Å². The number of rotatable bonds is 5. The predicted molar refractivity (Wildman–Crippen MR) is 138 cm³/mol. The maximum absolute atomic E-state index is 13.5. The van der Waals surface area contributed by atoms with Gasteiger partial charge in [0.15, 0.2) is 0 Å². The molecular weight excluding hydrogens is 550 g/mol. The molecule has 0 bridgehead atoms. The Labute approximate surface area is 228 Å². The SMILES string of the molecule is CC(C)CC1NC2(CCN(C(=O)c3cc(C(F)(F)F)ccc3Cl)CC2)N(Cc2c(Cl)cccc2Cl)C1=O. The highest BCUT2D eigenvalue weighted by Gasteiger charge is 2.52. The molecule has 4 rings (SSSR count). The minimum absolute atomic E-state index is 0.0422. The molecule has 0 radical (unpaired) electrons. The van der Waals surface area contributed by atoms with E-state index in [1.807, 2.05) is 13.8 Å². The maximum Gasteiger partial charge on any atom is 0.416 e. The van der Waals surface area contributed by atoms with Crippen molar-refractivity contribution in [2.24, 2.45) is 5.92 Å². The van der Waals surface area contributed by atoms with Crippen LogP contribution in [-0.2, 0) is 17.5 Å². The molecule has 11 heteroatoms. The number of benzene rings is 2. The topological polar surface area (TPSA) is 52.7 Å². The molecule has 2 aliphatic rings. The summed E-state index contributed by atoms with van der Waals surface area (Å²) in [6, 6.07) is 7.50. The molecule has 0 aliphatic carbocycles. The Morgan fingerprint density at radius 1 is 1.08 bits per heavy atom. The standard InChI is InChI=1S/C26H27Cl3F3N3O2/c1-15(2)12-22-24(37)35(14-18-19(27)4-3-5-20(18)28)25(33-22)8-10-34(11-9-25)23(36)17-13-16(26(30,31)32)6-7-21(17)29/h3-7,13,15,22,33H,8-12,14H2,1-2H3. The van der Waals surface area contributed by atoms with Gasteiger partial charge in [-0.05, 0) is 42.7 Å². The Hall–Kier alpha value is -2.00. The molecular formula is C26H27Cl3F3N3O2. The van der Waals surface area contributed by atoms with E-state index in [9.17, 15) is 22.8 Å². The lowest BCUT2D eigenvalue weighted by Gasteiger charge is -2.45. The van der Waals surface area contributed by atoms with Crippen LogP contribution in [0.25, 0.3) is 0 Å². The van der Waals surface area contributed by atoms with Gasteiger partial charge in [-0.3, -0.25) is 14.9 Å². The van der Waals surface area contributed by atoms with Gasteiger partial charge in [0, 0.05) is 41.5 Å². The first-order valence-electron chi connectivity index (χ1n) is 12.0. The Balaban J connectivity index is 1.58. The number of alkyl halides is 3. The zero-order valence-corrected chi connectivity index (χ0v) is 22.6. The van der Waals surface area contributed by atoms with E-state index >= 15 is 0 Å². The van der Waals surface area contributed by atoms with E-state index in [1.54, 1.807) is 23.1 Å². The normalized spacial score (nSPS) is 19.8. The summed E-state index contributed by atoms with van der Waals surface area (Å²) in [6.45, 7) is 4.73. The third-order valence-corrected chi connectivity index (χ3v) is 8.05. The summed E-state index contributed by atoms with van der Waals surface area (Å²) >= 11 is 18.9. The first-order chi connectivity index (χ1) is 17.3. The van der Waals surface area contributed by atoms with Gasteiger partial charge in [-0.15, -0.1) is 0 Å². The van der Waals surface area contributed by atoms with Gasteiger partial charge in [-0.1, -0.05) is 54.7 Å². The fourth-order valence-electron chi connectivity index (χ4n) is 5.09. The molecule has 2 aliphatic heterocycles. The van der Waals surface area contributed by atoms with Gasteiger partial charge in [0.05, 0.1) is 34.4 Å². The molecule has 1 spiro atoms. The third-order valence-electron chi connectivity index (χ3n) is 7.01. The van der Waals surface area contributed by atoms with E-state index in [-0.39, 0.29) is 42.0 Å². The van der Waals surface area contributed by atoms with Crippen molar-refractivity contribution in [1.82, 2.24) is 15.1 Å². The summed E-state index contributed by atoms with van der Waals surface area (Å²) in [5.41, 5.74) is -1.23. The highest BCUT2D eigenvalue weighted by Crippen LogP contribution is 2.38. The Morgan fingerprint density at radius 3 is 2.27 bits per heavy atom. The smallest absolute Gasteiger partial charge is 0.338 e. The van der Waals surface area contributed by atoms with Crippen LogP contribution >= 0.6 is 34.8 Å². The molecule has 2 aromatic carbocycles. The third kappa shape index (κ3) is 5.72. The van der Waals surface area contributed by atoms with Crippen molar-refractivity contribution in [3.05, 3.63) is 68.2 Å². The molecule has 5 nitrogen and oxygen atoms in total. The van der Waals surface area contributed by atoms with Gasteiger partial charge in [0.25, 0.3) is 5.91 Å². The van der Waals surface area contributed by atoms with Gasteiger partial charge in [0.2, 0.25) is 5.91 Å². The van der Waals surface area contributed by atoms with Crippen molar-refractivity contribution in [1.29, 1.82) is 0 Å². The second-order valence-corrected chi connectivity index (χ2v) is 11.2. The number of hydrogen-bond acceptors (Lipinski definition) is 3. The molecule has 0 saturated carbocycles. The number of likely N-dealkylation sites (tertiary alicyclic amines) is 1. The number of carbonyl (C=O) groups excluding carboxylic acids is 2. The van der Waals surface area contributed by atoms with E-state index in [2.05, 4.69) is 5.32 Å². The van der Waals surface area contributed by atoms with Gasteiger partial charge in [-0.2, -0.15) is 13.2 Å². The fraction of sp³-hybridized carbons (Fsp3) is 0.462. The molecule has 0 aromatic heterocycles.